The molecule has 0 saturated carbocycles. The van der Waals surface area contributed by atoms with Crippen LogP contribution in [0.3, 0.4) is 0 Å². The SMILES string of the molecule is COc1ccc(C)cc1C(=O)c1cc(F)c(Cl)cc1F. The van der Waals surface area contributed by atoms with Gasteiger partial charge in [-0.25, -0.2) is 8.78 Å². The van der Waals surface area contributed by atoms with Crippen molar-refractivity contribution in [2.24, 2.45) is 0 Å². The highest BCUT2D eigenvalue weighted by molar-refractivity contribution is 6.31. The Labute approximate surface area is 119 Å². The smallest absolute Gasteiger partial charge is 0.199 e. The van der Waals surface area contributed by atoms with E-state index in [0.717, 1.165) is 17.7 Å². The molecule has 0 spiro atoms. The van der Waals surface area contributed by atoms with Crippen molar-refractivity contribution in [3.63, 3.8) is 0 Å². The fourth-order valence-corrected chi connectivity index (χ4v) is 1.99. The van der Waals surface area contributed by atoms with Gasteiger partial charge in [0.05, 0.1) is 23.3 Å². The molecule has 2 nitrogen and oxygen atoms in total. The Morgan fingerprint density at radius 3 is 2.45 bits per heavy atom. The minimum atomic E-state index is -0.870. The van der Waals surface area contributed by atoms with Crippen LogP contribution in [0.15, 0.2) is 30.3 Å². The van der Waals surface area contributed by atoms with Crippen LogP contribution in [-0.4, -0.2) is 12.9 Å². The molecule has 0 aliphatic carbocycles. The number of rotatable bonds is 3. The van der Waals surface area contributed by atoms with E-state index < -0.39 is 17.4 Å². The molecule has 2 aromatic carbocycles. The molecule has 0 radical (unpaired) electrons. The van der Waals surface area contributed by atoms with Gasteiger partial charge in [-0.05, 0) is 31.2 Å². The molecule has 2 aromatic rings. The van der Waals surface area contributed by atoms with Crippen LogP contribution in [0.5, 0.6) is 5.75 Å². The third kappa shape index (κ3) is 2.65. The Hall–Kier alpha value is -1.94. The van der Waals surface area contributed by atoms with Crippen LogP contribution in [0, 0.1) is 18.6 Å². The van der Waals surface area contributed by atoms with E-state index in [1.54, 1.807) is 25.1 Å². The average Bonchev–Trinajstić information content (AvgIpc) is 2.42. The number of ether oxygens (including phenoxy) is 1. The predicted octanol–water partition coefficient (Wildman–Crippen LogP) is 4.17. The van der Waals surface area contributed by atoms with Gasteiger partial charge >= 0.3 is 0 Å². The Bertz CT molecular complexity index is 684. The van der Waals surface area contributed by atoms with Crippen LogP contribution in [0.4, 0.5) is 8.78 Å². The van der Waals surface area contributed by atoms with E-state index in [1.807, 2.05) is 0 Å². The van der Waals surface area contributed by atoms with Gasteiger partial charge in [-0.2, -0.15) is 0 Å². The summed E-state index contributed by atoms with van der Waals surface area (Å²) in [4.78, 5) is 12.3. The lowest BCUT2D eigenvalue weighted by molar-refractivity contribution is 0.103. The maximum Gasteiger partial charge on any atom is 0.199 e. The van der Waals surface area contributed by atoms with Crippen LogP contribution >= 0.6 is 11.6 Å². The Morgan fingerprint density at radius 2 is 1.80 bits per heavy atom. The summed E-state index contributed by atoms with van der Waals surface area (Å²) in [5, 5.41) is -0.366. The molecule has 0 unspecified atom stereocenters. The van der Waals surface area contributed by atoms with Gasteiger partial charge in [0.1, 0.15) is 17.4 Å². The second-order valence-electron chi connectivity index (χ2n) is 4.28. The molecule has 0 amide bonds. The molecule has 0 heterocycles. The van der Waals surface area contributed by atoms with Crippen molar-refractivity contribution in [2.75, 3.05) is 7.11 Å². The number of methoxy groups -OCH3 is 1. The van der Waals surface area contributed by atoms with Crippen LogP contribution < -0.4 is 4.74 Å². The molecule has 0 aliphatic rings. The largest absolute Gasteiger partial charge is 0.496 e. The molecular weight excluding hydrogens is 286 g/mol. The van der Waals surface area contributed by atoms with Crippen molar-refractivity contribution in [3.05, 3.63) is 63.7 Å². The van der Waals surface area contributed by atoms with Gasteiger partial charge in [-0.3, -0.25) is 4.79 Å². The highest BCUT2D eigenvalue weighted by Crippen LogP contribution is 2.26. The molecule has 2 rings (SSSR count). The molecule has 0 aromatic heterocycles. The zero-order valence-electron chi connectivity index (χ0n) is 10.8. The predicted molar refractivity (Wildman–Crippen MR) is 72.5 cm³/mol. The summed E-state index contributed by atoms with van der Waals surface area (Å²) < 4.78 is 32.3. The number of hydrogen-bond donors (Lipinski definition) is 0. The van der Waals surface area contributed by atoms with E-state index in [2.05, 4.69) is 0 Å². The van der Waals surface area contributed by atoms with E-state index in [-0.39, 0.29) is 16.1 Å². The van der Waals surface area contributed by atoms with E-state index in [9.17, 15) is 13.6 Å². The second kappa shape index (κ2) is 5.59. The Morgan fingerprint density at radius 1 is 1.10 bits per heavy atom. The minimum Gasteiger partial charge on any atom is -0.496 e. The van der Waals surface area contributed by atoms with Crippen molar-refractivity contribution in [2.45, 2.75) is 6.92 Å². The molecule has 104 valence electrons. The number of halogens is 3. The first-order chi connectivity index (χ1) is 9.43. The van der Waals surface area contributed by atoms with E-state index >= 15 is 0 Å². The summed E-state index contributed by atoms with van der Waals surface area (Å²) in [6.45, 7) is 1.79. The monoisotopic (exact) mass is 296 g/mol. The fraction of sp³-hybridized carbons (Fsp3) is 0.133. The summed E-state index contributed by atoms with van der Waals surface area (Å²) in [6, 6.07) is 6.50. The zero-order valence-corrected chi connectivity index (χ0v) is 11.6. The first-order valence-corrected chi connectivity index (χ1v) is 6.15. The first kappa shape index (κ1) is 14.5. The van der Waals surface area contributed by atoms with Crippen LogP contribution in [0.25, 0.3) is 0 Å². The highest BCUT2D eigenvalue weighted by atomic mass is 35.5. The van der Waals surface area contributed by atoms with Crippen molar-refractivity contribution in [1.82, 2.24) is 0 Å². The second-order valence-corrected chi connectivity index (χ2v) is 4.69. The van der Waals surface area contributed by atoms with Crippen LogP contribution in [0.2, 0.25) is 5.02 Å². The van der Waals surface area contributed by atoms with Gasteiger partial charge in [0, 0.05) is 0 Å². The van der Waals surface area contributed by atoms with Crippen molar-refractivity contribution >= 4 is 17.4 Å². The van der Waals surface area contributed by atoms with Gasteiger partial charge in [-0.1, -0.05) is 23.2 Å². The van der Waals surface area contributed by atoms with Crippen molar-refractivity contribution in [1.29, 1.82) is 0 Å². The average molecular weight is 297 g/mol. The van der Waals surface area contributed by atoms with E-state index in [0.29, 0.717) is 5.75 Å². The van der Waals surface area contributed by atoms with E-state index in [1.165, 1.54) is 7.11 Å². The number of carbonyl (C=O) groups is 1. The lowest BCUT2D eigenvalue weighted by Gasteiger charge is -2.09. The maximum atomic E-state index is 13.8. The normalized spacial score (nSPS) is 10.4. The van der Waals surface area contributed by atoms with Crippen molar-refractivity contribution < 1.29 is 18.3 Å². The minimum absolute atomic E-state index is 0.174. The molecule has 20 heavy (non-hydrogen) atoms. The van der Waals surface area contributed by atoms with E-state index in [4.69, 9.17) is 16.3 Å². The van der Waals surface area contributed by atoms with Crippen LogP contribution in [0.1, 0.15) is 21.5 Å². The highest BCUT2D eigenvalue weighted by Gasteiger charge is 2.20. The Balaban J connectivity index is 2.57. The molecular formula is C15H11ClF2O2. The number of aryl methyl sites for hydroxylation is 1. The molecule has 0 saturated heterocycles. The van der Waals surface area contributed by atoms with Crippen molar-refractivity contribution in [3.8, 4) is 5.75 Å². The molecule has 0 aliphatic heterocycles. The Kier molecular flexibility index (Phi) is 4.04. The zero-order chi connectivity index (χ0) is 14.9. The van der Waals surface area contributed by atoms with Gasteiger partial charge in [0.15, 0.2) is 5.78 Å². The third-order valence-corrected chi connectivity index (χ3v) is 3.14. The van der Waals surface area contributed by atoms with Crippen LogP contribution in [-0.2, 0) is 0 Å². The molecule has 0 atom stereocenters. The summed E-state index contributed by atoms with van der Waals surface area (Å²) in [7, 11) is 1.40. The summed E-state index contributed by atoms with van der Waals surface area (Å²) in [5.41, 5.74) is 0.605. The molecule has 0 bridgehead atoms. The lowest BCUT2D eigenvalue weighted by Crippen LogP contribution is -2.07. The summed E-state index contributed by atoms with van der Waals surface area (Å²) in [5.74, 6) is -2.07. The standard InChI is InChI=1S/C15H11ClF2O2/c1-8-3-4-14(20-2)10(5-8)15(19)9-6-13(18)11(16)7-12(9)17/h3-7H,1-2H3. The first-order valence-electron chi connectivity index (χ1n) is 5.78. The van der Waals surface area contributed by atoms with Gasteiger partial charge in [0.2, 0.25) is 0 Å². The van der Waals surface area contributed by atoms with Gasteiger partial charge in [-0.15, -0.1) is 0 Å². The molecule has 5 heteroatoms. The van der Waals surface area contributed by atoms with Gasteiger partial charge < -0.3 is 4.74 Å². The fourth-order valence-electron chi connectivity index (χ4n) is 1.84. The number of carbonyl (C=O) groups excluding carboxylic acids is 1. The maximum absolute atomic E-state index is 13.8. The summed E-state index contributed by atoms with van der Waals surface area (Å²) in [6.07, 6.45) is 0. The quantitative estimate of drug-likeness (QED) is 0.628. The topological polar surface area (TPSA) is 26.3 Å². The lowest BCUT2D eigenvalue weighted by atomic mass is 10.00. The van der Waals surface area contributed by atoms with Gasteiger partial charge in [0.25, 0.3) is 0 Å². The summed E-state index contributed by atoms with van der Waals surface area (Å²) >= 11 is 5.47. The molecule has 0 N–H and O–H groups in total. The third-order valence-electron chi connectivity index (χ3n) is 2.85. The number of hydrogen-bond acceptors (Lipinski definition) is 2. The number of benzene rings is 2. The molecule has 0 fully saturated rings. The number of ketones is 1.